The maximum Gasteiger partial charge on any atom is 0.336 e. The summed E-state index contributed by atoms with van der Waals surface area (Å²) in [6.45, 7) is 10.3. The first-order valence-corrected chi connectivity index (χ1v) is 7.36. The molecule has 22 heavy (non-hydrogen) atoms. The maximum absolute atomic E-state index is 11.8. The Labute approximate surface area is 132 Å². The number of benzene rings is 1. The van der Waals surface area contributed by atoms with E-state index in [0.717, 1.165) is 17.7 Å². The molecule has 0 spiro atoms. The van der Waals surface area contributed by atoms with Gasteiger partial charge in [0, 0.05) is 17.7 Å². The Bertz CT molecular complexity index is 550. The van der Waals surface area contributed by atoms with Crippen molar-refractivity contribution in [3.05, 3.63) is 42.0 Å². The fourth-order valence-corrected chi connectivity index (χ4v) is 1.75. The molecule has 0 atom stereocenters. The van der Waals surface area contributed by atoms with Gasteiger partial charge in [-0.3, -0.25) is 0 Å². The van der Waals surface area contributed by atoms with Crippen LogP contribution in [0, 0.1) is 5.92 Å². The van der Waals surface area contributed by atoms with Gasteiger partial charge in [-0.25, -0.2) is 9.59 Å². The van der Waals surface area contributed by atoms with E-state index in [-0.39, 0.29) is 11.3 Å². The zero-order valence-electron chi connectivity index (χ0n) is 13.9. The second-order valence-corrected chi connectivity index (χ2v) is 6.52. The van der Waals surface area contributed by atoms with Crippen LogP contribution in [0.4, 0.5) is 0 Å². The Balaban J connectivity index is 2.68. The van der Waals surface area contributed by atoms with Gasteiger partial charge < -0.3 is 9.47 Å². The molecule has 1 rings (SSSR count). The van der Waals surface area contributed by atoms with Crippen LogP contribution in [-0.4, -0.2) is 18.5 Å². The first-order valence-electron chi connectivity index (χ1n) is 7.36. The van der Waals surface area contributed by atoms with Crippen LogP contribution in [0.25, 0.3) is 0 Å². The van der Waals surface area contributed by atoms with E-state index in [9.17, 15) is 9.59 Å². The van der Waals surface area contributed by atoms with Crippen LogP contribution < -0.4 is 4.74 Å². The Kier molecular flexibility index (Phi) is 6.35. The van der Waals surface area contributed by atoms with Crippen LogP contribution in [0.15, 0.2) is 36.4 Å². The van der Waals surface area contributed by atoms with E-state index < -0.39 is 11.9 Å². The SMILES string of the molecule is CC(C)COC(=O)/C=C/C(=O)Oc1ccccc1C(C)(C)C. The number of rotatable bonds is 5. The molecule has 0 aliphatic rings. The molecule has 0 amide bonds. The summed E-state index contributed by atoms with van der Waals surface area (Å²) in [6, 6.07) is 7.36. The second kappa shape index (κ2) is 7.78. The lowest BCUT2D eigenvalue weighted by Crippen LogP contribution is -2.15. The van der Waals surface area contributed by atoms with Crippen molar-refractivity contribution in [2.75, 3.05) is 6.61 Å². The first kappa shape index (κ1) is 18.0. The zero-order valence-corrected chi connectivity index (χ0v) is 13.9. The van der Waals surface area contributed by atoms with Crippen LogP contribution in [0.5, 0.6) is 5.75 Å². The molecule has 0 aliphatic carbocycles. The predicted octanol–water partition coefficient (Wildman–Crippen LogP) is 3.64. The molecule has 1 aromatic rings. The molecule has 0 heterocycles. The van der Waals surface area contributed by atoms with Gasteiger partial charge in [0.2, 0.25) is 0 Å². The number of carbonyl (C=O) groups excluding carboxylic acids is 2. The molecular weight excluding hydrogens is 280 g/mol. The lowest BCUT2D eigenvalue weighted by molar-refractivity contribution is -0.139. The molecule has 0 saturated heterocycles. The topological polar surface area (TPSA) is 52.6 Å². The van der Waals surface area contributed by atoms with Crippen LogP contribution in [-0.2, 0) is 19.7 Å². The normalized spacial score (nSPS) is 11.7. The molecule has 4 nitrogen and oxygen atoms in total. The molecule has 0 saturated carbocycles. The Morgan fingerprint density at radius 1 is 1.09 bits per heavy atom. The average Bonchev–Trinajstić information content (AvgIpc) is 2.42. The summed E-state index contributed by atoms with van der Waals surface area (Å²) >= 11 is 0. The largest absolute Gasteiger partial charge is 0.462 e. The van der Waals surface area contributed by atoms with Gasteiger partial charge >= 0.3 is 11.9 Å². The van der Waals surface area contributed by atoms with Gasteiger partial charge in [-0.1, -0.05) is 52.8 Å². The van der Waals surface area contributed by atoms with Crippen molar-refractivity contribution in [1.82, 2.24) is 0 Å². The maximum atomic E-state index is 11.8. The molecule has 0 fully saturated rings. The van der Waals surface area contributed by atoms with E-state index in [0.29, 0.717) is 12.4 Å². The van der Waals surface area contributed by atoms with Crippen molar-refractivity contribution in [2.24, 2.45) is 5.92 Å². The fourth-order valence-electron chi connectivity index (χ4n) is 1.75. The van der Waals surface area contributed by atoms with Gasteiger partial charge in [-0.2, -0.15) is 0 Å². The summed E-state index contributed by atoms with van der Waals surface area (Å²) in [5.41, 5.74) is 0.788. The van der Waals surface area contributed by atoms with Crippen molar-refractivity contribution >= 4 is 11.9 Å². The van der Waals surface area contributed by atoms with Crippen molar-refractivity contribution in [3.63, 3.8) is 0 Å². The molecule has 4 heteroatoms. The Hall–Kier alpha value is -2.10. The Morgan fingerprint density at radius 3 is 2.27 bits per heavy atom. The third kappa shape index (κ3) is 6.12. The summed E-state index contributed by atoms with van der Waals surface area (Å²) in [5.74, 6) is -0.392. The summed E-state index contributed by atoms with van der Waals surface area (Å²) in [6.07, 6.45) is 2.17. The van der Waals surface area contributed by atoms with Crippen LogP contribution in [0.3, 0.4) is 0 Å². The molecule has 120 valence electrons. The van der Waals surface area contributed by atoms with E-state index in [1.807, 2.05) is 46.8 Å². The molecule has 0 radical (unpaired) electrons. The van der Waals surface area contributed by atoms with Gasteiger partial charge in [0.25, 0.3) is 0 Å². The smallest absolute Gasteiger partial charge is 0.336 e. The third-order valence-corrected chi connectivity index (χ3v) is 2.82. The van der Waals surface area contributed by atoms with Crippen molar-refractivity contribution < 1.29 is 19.1 Å². The highest BCUT2D eigenvalue weighted by Crippen LogP contribution is 2.30. The molecule has 1 aromatic carbocycles. The van der Waals surface area contributed by atoms with E-state index in [2.05, 4.69) is 0 Å². The van der Waals surface area contributed by atoms with Crippen LogP contribution in [0.2, 0.25) is 0 Å². The average molecular weight is 304 g/mol. The fraction of sp³-hybridized carbons (Fsp3) is 0.444. The number of esters is 2. The number of ether oxygens (including phenoxy) is 2. The molecular formula is C18H24O4. The molecule has 0 bridgehead atoms. The van der Waals surface area contributed by atoms with E-state index in [1.54, 1.807) is 12.1 Å². The molecule has 0 N–H and O–H groups in total. The number of hydrogen-bond donors (Lipinski definition) is 0. The lowest BCUT2D eigenvalue weighted by atomic mass is 9.86. The van der Waals surface area contributed by atoms with Gasteiger partial charge in [0.1, 0.15) is 5.75 Å². The van der Waals surface area contributed by atoms with E-state index in [1.165, 1.54) is 0 Å². The highest BCUT2D eigenvalue weighted by molar-refractivity contribution is 5.92. The van der Waals surface area contributed by atoms with Gasteiger partial charge in [-0.15, -0.1) is 0 Å². The molecule has 0 aromatic heterocycles. The van der Waals surface area contributed by atoms with E-state index >= 15 is 0 Å². The monoisotopic (exact) mass is 304 g/mol. The number of hydrogen-bond acceptors (Lipinski definition) is 4. The van der Waals surface area contributed by atoms with Crippen molar-refractivity contribution in [3.8, 4) is 5.75 Å². The zero-order chi connectivity index (χ0) is 16.8. The summed E-state index contributed by atoms with van der Waals surface area (Å²) in [5, 5.41) is 0. The first-order chi connectivity index (χ1) is 10.2. The second-order valence-electron chi connectivity index (χ2n) is 6.52. The van der Waals surface area contributed by atoms with Gasteiger partial charge in [-0.05, 0) is 17.4 Å². The Morgan fingerprint density at radius 2 is 1.68 bits per heavy atom. The minimum Gasteiger partial charge on any atom is -0.462 e. The minimum atomic E-state index is -0.599. The number of carbonyl (C=O) groups is 2. The summed E-state index contributed by atoms with van der Waals surface area (Å²) in [4.78, 5) is 23.2. The third-order valence-electron chi connectivity index (χ3n) is 2.82. The summed E-state index contributed by atoms with van der Waals surface area (Å²) in [7, 11) is 0. The van der Waals surface area contributed by atoms with Crippen molar-refractivity contribution in [2.45, 2.75) is 40.0 Å². The van der Waals surface area contributed by atoms with Gasteiger partial charge in [0.05, 0.1) is 6.61 Å². The number of para-hydroxylation sites is 1. The van der Waals surface area contributed by atoms with Crippen LogP contribution >= 0.6 is 0 Å². The predicted molar refractivity (Wildman–Crippen MR) is 85.7 cm³/mol. The van der Waals surface area contributed by atoms with E-state index in [4.69, 9.17) is 9.47 Å². The minimum absolute atomic E-state index is 0.142. The standard InChI is InChI=1S/C18H24O4/c1-13(2)12-21-16(19)10-11-17(20)22-15-9-7-6-8-14(15)18(3,4)5/h6-11,13H,12H2,1-5H3/b11-10+. The van der Waals surface area contributed by atoms with Crippen molar-refractivity contribution in [1.29, 1.82) is 0 Å². The molecule has 0 aliphatic heterocycles. The lowest BCUT2D eigenvalue weighted by Gasteiger charge is -2.21. The highest BCUT2D eigenvalue weighted by atomic mass is 16.5. The molecule has 0 unspecified atom stereocenters. The highest BCUT2D eigenvalue weighted by Gasteiger charge is 2.19. The van der Waals surface area contributed by atoms with Gasteiger partial charge in [0.15, 0.2) is 0 Å². The van der Waals surface area contributed by atoms with Crippen LogP contribution in [0.1, 0.15) is 40.2 Å². The summed E-state index contributed by atoms with van der Waals surface area (Å²) < 4.78 is 10.3. The quantitative estimate of drug-likeness (QED) is 0.473.